The van der Waals surface area contributed by atoms with Crippen molar-refractivity contribution in [2.75, 3.05) is 11.9 Å². The first-order valence-electron chi connectivity index (χ1n) is 10.2. The fourth-order valence-corrected chi connectivity index (χ4v) is 3.83. The molecule has 2 heterocycles. The molecule has 7 nitrogen and oxygen atoms in total. The van der Waals surface area contributed by atoms with E-state index in [2.05, 4.69) is 15.7 Å². The second kappa shape index (κ2) is 9.10. The maximum Gasteiger partial charge on any atom is 0.319 e. The van der Waals surface area contributed by atoms with E-state index in [1.807, 2.05) is 35.1 Å². The summed E-state index contributed by atoms with van der Waals surface area (Å²) in [6, 6.07) is 7.64. The van der Waals surface area contributed by atoms with Crippen molar-refractivity contribution in [2.45, 2.75) is 63.8 Å². The number of aromatic nitrogens is 2. The van der Waals surface area contributed by atoms with Crippen LogP contribution in [0.4, 0.5) is 10.5 Å². The Bertz CT molecular complexity index is 779. The summed E-state index contributed by atoms with van der Waals surface area (Å²) in [5.74, 6) is 0.860. The zero-order valence-corrected chi connectivity index (χ0v) is 16.1. The average molecular weight is 384 g/mol. The maximum atomic E-state index is 12.3. The largest absolute Gasteiger partial charge is 0.490 e. The van der Waals surface area contributed by atoms with Crippen LogP contribution in [0.5, 0.6) is 5.75 Å². The first kappa shape index (κ1) is 18.8. The van der Waals surface area contributed by atoms with Gasteiger partial charge in [-0.05, 0) is 44.6 Å². The van der Waals surface area contributed by atoms with Gasteiger partial charge in [0.15, 0.2) is 0 Å². The topological polar surface area (TPSA) is 77.4 Å². The molecular formula is C21H28N4O3. The molecule has 1 aliphatic heterocycles. The molecule has 2 fully saturated rings. The summed E-state index contributed by atoms with van der Waals surface area (Å²) in [6.07, 6.45) is 10.8. The lowest BCUT2D eigenvalue weighted by atomic mass is 10.2. The van der Waals surface area contributed by atoms with E-state index < -0.39 is 0 Å². The highest BCUT2D eigenvalue weighted by atomic mass is 16.5. The van der Waals surface area contributed by atoms with Crippen LogP contribution in [0.1, 0.15) is 44.1 Å². The number of hydrogen-bond donors (Lipinski definition) is 2. The normalized spacial score (nSPS) is 19.6. The second-order valence-corrected chi connectivity index (χ2v) is 7.53. The molecular weight excluding hydrogens is 356 g/mol. The smallest absolute Gasteiger partial charge is 0.319 e. The molecule has 0 bridgehead atoms. The van der Waals surface area contributed by atoms with E-state index in [1.54, 1.807) is 6.20 Å². The summed E-state index contributed by atoms with van der Waals surface area (Å²) in [5.41, 5.74) is 1.66. The molecule has 1 saturated carbocycles. The van der Waals surface area contributed by atoms with Gasteiger partial charge in [-0.2, -0.15) is 5.10 Å². The first-order valence-corrected chi connectivity index (χ1v) is 10.2. The molecule has 28 heavy (non-hydrogen) atoms. The highest BCUT2D eigenvalue weighted by Gasteiger charge is 2.18. The van der Waals surface area contributed by atoms with Gasteiger partial charge in [0.05, 0.1) is 30.6 Å². The Morgan fingerprint density at radius 2 is 2.07 bits per heavy atom. The van der Waals surface area contributed by atoms with E-state index in [-0.39, 0.29) is 12.1 Å². The first-order chi connectivity index (χ1) is 13.8. The maximum absolute atomic E-state index is 12.3. The van der Waals surface area contributed by atoms with Gasteiger partial charge in [-0.1, -0.05) is 18.2 Å². The summed E-state index contributed by atoms with van der Waals surface area (Å²) in [5, 5.41) is 10.0. The van der Waals surface area contributed by atoms with Gasteiger partial charge >= 0.3 is 6.03 Å². The third kappa shape index (κ3) is 5.04. The van der Waals surface area contributed by atoms with Gasteiger partial charge < -0.3 is 20.1 Å². The van der Waals surface area contributed by atoms with Gasteiger partial charge in [0.25, 0.3) is 0 Å². The molecule has 4 rings (SSSR count). The summed E-state index contributed by atoms with van der Waals surface area (Å²) in [4.78, 5) is 12.3. The van der Waals surface area contributed by atoms with Gasteiger partial charge in [-0.15, -0.1) is 0 Å². The number of anilines is 1. The van der Waals surface area contributed by atoms with Crippen molar-refractivity contribution in [2.24, 2.45) is 0 Å². The SMILES string of the molecule is O=C(NCc1ccccc1OC1CCCC1)Nc1cnn(CC2CCCO2)c1. The van der Waals surface area contributed by atoms with E-state index in [9.17, 15) is 4.79 Å². The number of rotatable bonds is 7. The molecule has 1 aliphatic carbocycles. The summed E-state index contributed by atoms with van der Waals surface area (Å²) in [7, 11) is 0. The molecule has 2 N–H and O–H groups in total. The predicted octanol–water partition coefficient (Wildman–Crippen LogP) is 3.71. The molecule has 2 aromatic rings. The van der Waals surface area contributed by atoms with Gasteiger partial charge in [-0.3, -0.25) is 4.68 Å². The van der Waals surface area contributed by atoms with Gasteiger partial charge in [0.2, 0.25) is 0 Å². The van der Waals surface area contributed by atoms with Crippen LogP contribution in [-0.2, 0) is 17.8 Å². The summed E-state index contributed by atoms with van der Waals surface area (Å²) >= 11 is 0. The number of ether oxygens (including phenoxy) is 2. The molecule has 2 amide bonds. The lowest BCUT2D eigenvalue weighted by molar-refractivity contribution is 0.0940. The van der Waals surface area contributed by atoms with Crippen molar-refractivity contribution < 1.29 is 14.3 Å². The van der Waals surface area contributed by atoms with Crippen LogP contribution in [-0.4, -0.2) is 34.6 Å². The fraction of sp³-hybridized carbons (Fsp3) is 0.524. The molecule has 0 radical (unpaired) electrons. The molecule has 2 aliphatic rings. The van der Waals surface area contributed by atoms with Crippen LogP contribution < -0.4 is 15.4 Å². The van der Waals surface area contributed by atoms with E-state index >= 15 is 0 Å². The average Bonchev–Trinajstić information content (AvgIpc) is 3.45. The van der Waals surface area contributed by atoms with Crippen LogP contribution in [0.25, 0.3) is 0 Å². The fourth-order valence-electron chi connectivity index (χ4n) is 3.83. The monoisotopic (exact) mass is 384 g/mol. The Morgan fingerprint density at radius 3 is 2.89 bits per heavy atom. The minimum atomic E-state index is -0.257. The molecule has 0 spiro atoms. The second-order valence-electron chi connectivity index (χ2n) is 7.53. The Labute approximate surface area is 165 Å². The molecule has 1 saturated heterocycles. The van der Waals surface area contributed by atoms with Crippen LogP contribution >= 0.6 is 0 Å². The predicted molar refractivity (Wildman–Crippen MR) is 106 cm³/mol. The van der Waals surface area contributed by atoms with Gasteiger partial charge in [-0.25, -0.2) is 4.79 Å². The Morgan fingerprint density at radius 1 is 1.21 bits per heavy atom. The molecule has 150 valence electrons. The number of amides is 2. The third-order valence-electron chi connectivity index (χ3n) is 5.31. The zero-order valence-electron chi connectivity index (χ0n) is 16.1. The number of carbonyl (C=O) groups is 1. The van der Waals surface area contributed by atoms with Crippen LogP contribution in [0.15, 0.2) is 36.7 Å². The molecule has 1 unspecified atom stereocenters. The van der Waals surface area contributed by atoms with Gasteiger partial charge in [0.1, 0.15) is 5.75 Å². The molecule has 1 atom stereocenters. The van der Waals surface area contributed by atoms with E-state index in [1.165, 1.54) is 12.8 Å². The van der Waals surface area contributed by atoms with Crippen LogP contribution in [0, 0.1) is 0 Å². The number of carbonyl (C=O) groups excluding carboxylic acids is 1. The van der Waals surface area contributed by atoms with E-state index in [0.29, 0.717) is 18.3 Å². The zero-order chi connectivity index (χ0) is 19.2. The van der Waals surface area contributed by atoms with Crippen LogP contribution in [0.3, 0.4) is 0 Å². The lowest BCUT2D eigenvalue weighted by Gasteiger charge is -2.16. The highest BCUT2D eigenvalue weighted by molar-refractivity contribution is 5.88. The standard InChI is InChI=1S/C21H28N4O3/c26-21(24-17-13-23-25(14-17)15-19-9-5-11-27-19)22-12-16-6-1-4-10-20(16)28-18-7-2-3-8-18/h1,4,6,10,13-14,18-19H,2-3,5,7-9,11-12,15H2,(H2,22,24,26). The van der Waals surface area contributed by atoms with Crippen molar-refractivity contribution in [3.63, 3.8) is 0 Å². The van der Waals surface area contributed by atoms with Crippen molar-refractivity contribution in [1.82, 2.24) is 15.1 Å². The Hall–Kier alpha value is -2.54. The van der Waals surface area contributed by atoms with Crippen molar-refractivity contribution >= 4 is 11.7 Å². The minimum absolute atomic E-state index is 0.220. The quantitative estimate of drug-likeness (QED) is 0.763. The molecule has 1 aromatic carbocycles. The van der Waals surface area contributed by atoms with Crippen molar-refractivity contribution in [3.05, 3.63) is 42.2 Å². The Kier molecular flexibility index (Phi) is 6.11. The number of hydrogen-bond acceptors (Lipinski definition) is 4. The van der Waals surface area contributed by atoms with Crippen LogP contribution in [0.2, 0.25) is 0 Å². The third-order valence-corrected chi connectivity index (χ3v) is 5.31. The van der Waals surface area contributed by atoms with E-state index in [0.717, 1.165) is 50.1 Å². The highest BCUT2D eigenvalue weighted by Crippen LogP contribution is 2.26. The number of urea groups is 1. The Balaban J connectivity index is 1.27. The van der Waals surface area contributed by atoms with Crippen molar-refractivity contribution in [3.8, 4) is 5.75 Å². The minimum Gasteiger partial charge on any atom is -0.490 e. The number of para-hydroxylation sites is 1. The molecule has 1 aromatic heterocycles. The van der Waals surface area contributed by atoms with Gasteiger partial charge in [0, 0.05) is 24.9 Å². The number of nitrogens with zero attached hydrogens (tertiary/aromatic N) is 2. The summed E-state index contributed by atoms with van der Waals surface area (Å²) in [6.45, 7) is 1.96. The number of benzene rings is 1. The van der Waals surface area contributed by atoms with Crippen molar-refractivity contribution in [1.29, 1.82) is 0 Å². The summed E-state index contributed by atoms with van der Waals surface area (Å²) < 4.78 is 13.6. The molecule has 7 heteroatoms. The number of nitrogens with one attached hydrogen (secondary N) is 2. The van der Waals surface area contributed by atoms with E-state index in [4.69, 9.17) is 9.47 Å². The lowest BCUT2D eigenvalue weighted by Crippen LogP contribution is -2.28.